The second kappa shape index (κ2) is 4.52. The van der Waals surface area contributed by atoms with Crippen molar-refractivity contribution in [1.29, 1.82) is 0 Å². The number of aliphatic carboxylic acids is 1. The van der Waals surface area contributed by atoms with Crippen molar-refractivity contribution in [3.05, 3.63) is 39.9 Å². The molecular formula is C9H10N2O4. The number of rotatable bonds is 4. The third-order valence-electron chi connectivity index (χ3n) is 1.98. The van der Waals surface area contributed by atoms with Gasteiger partial charge in [0, 0.05) is 6.07 Å². The molecule has 0 aliphatic rings. The summed E-state index contributed by atoms with van der Waals surface area (Å²) in [6.45, 7) is 0. The zero-order valence-corrected chi connectivity index (χ0v) is 8.01. The highest BCUT2D eigenvalue weighted by Crippen LogP contribution is 2.24. The normalized spacial score (nSPS) is 12.1. The van der Waals surface area contributed by atoms with Crippen LogP contribution in [-0.2, 0) is 4.79 Å². The average molecular weight is 210 g/mol. The molecule has 1 unspecified atom stereocenters. The highest BCUT2D eigenvalue weighted by molar-refractivity contribution is 5.77. The van der Waals surface area contributed by atoms with Gasteiger partial charge in [0.05, 0.1) is 10.5 Å². The van der Waals surface area contributed by atoms with Crippen molar-refractivity contribution in [3.63, 3.8) is 0 Å². The van der Waals surface area contributed by atoms with Crippen LogP contribution in [0.2, 0.25) is 0 Å². The van der Waals surface area contributed by atoms with Gasteiger partial charge in [-0.15, -0.1) is 0 Å². The molecule has 2 N–H and O–H groups in total. The molecule has 0 aromatic heterocycles. The Balaban J connectivity index is 3.22. The van der Waals surface area contributed by atoms with E-state index in [0.717, 1.165) is 0 Å². The summed E-state index contributed by atoms with van der Waals surface area (Å²) in [4.78, 5) is 20.9. The third kappa shape index (κ3) is 2.29. The van der Waals surface area contributed by atoms with Crippen molar-refractivity contribution >= 4 is 11.7 Å². The van der Waals surface area contributed by atoms with Gasteiger partial charge < -0.3 is 10.4 Å². The van der Waals surface area contributed by atoms with Gasteiger partial charge in [-0.1, -0.05) is 12.1 Å². The summed E-state index contributed by atoms with van der Waals surface area (Å²) in [6.07, 6.45) is 0. The number of para-hydroxylation sites is 1. The Hall–Kier alpha value is -1.95. The molecule has 0 saturated carbocycles. The summed E-state index contributed by atoms with van der Waals surface area (Å²) >= 11 is 0. The van der Waals surface area contributed by atoms with Gasteiger partial charge in [0.15, 0.2) is 0 Å². The molecule has 0 amide bonds. The third-order valence-corrected chi connectivity index (χ3v) is 1.98. The molecule has 80 valence electrons. The van der Waals surface area contributed by atoms with E-state index in [1.54, 1.807) is 6.07 Å². The number of hydrogen-bond donors (Lipinski definition) is 2. The molecule has 0 heterocycles. The fourth-order valence-corrected chi connectivity index (χ4v) is 1.31. The van der Waals surface area contributed by atoms with Crippen molar-refractivity contribution in [2.45, 2.75) is 6.04 Å². The molecular weight excluding hydrogens is 200 g/mol. The summed E-state index contributed by atoms with van der Waals surface area (Å²) in [5.41, 5.74) is -0.0447. The number of carboxylic acid groups (broad SMARTS) is 1. The second-order valence-corrected chi connectivity index (χ2v) is 2.88. The zero-order chi connectivity index (χ0) is 11.4. The van der Waals surface area contributed by atoms with Gasteiger partial charge in [0.1, 0.15) is 6.04 Å². The van der Waals surface area contributed by atoms with E-state index in [0.29, 0.717) is 0 Å². The fourth-order valence-electron chi connectivity index (χ4n) is 1.31. The van der Waals surface area contributed by atoms with Gasteiger partial charge in [0.25, 0.3) is 5.69 Å². The first kappa shape index (κ1) is 11.1. The summed E-state index contributed by atoms with van der Waals surface area (Å²) in [5, 5.41) is 22.0. The lowest BCUT2D eigenvalue weighted by Crippen LogP contribution is -2.25. The zero-order valence-electron chi connectivity index (χ0n) is 8.01. The first-order valence-electron chi connectivity index (χ1n) is 4.21. The predicted octanol–water partition coefficient (Wildman–Crippen LogP) is 0.940. The lowest BCUT2D eigenvalue weighted by Gasteiger charge is -2.11. The lowest BCUT2D eigenvalue weighted by atomic mass is 10.1. The molecule has 6 nitrogen and oxygen atoms in total. The van der Waals surface area contributed by atoms with Crippen molar-refractivity contribution in [3.8, 4) is 0 Å². The Bertz CT molecular complexity index is 391. The van der Waals surface area contributed by atoms with Crippen LogP contribution in [0.25, 0.3) is 0 Å². The molecule has 6 heteroatoms. The summed E-state index contributed by atoms with van der Waals surface area (Å²) in [6, 6.07) is 4.70. The number of carboxylic acids is 1. The molecule has 0 aliphatic heterocycles. The summed E-state index contributed by atoms with van der Waals surface area (Å²) < 4.78 is 0. The SMILES string of the molecule is CNC(C(=O)O)c1ccccc1[N+](=O)[O-]. The average Bonchev–Trinajstić information content (AvgIpc) is 2.18. The van der Waals surface area contributed by atoms with E-state index in [2.05, 4.69) is 5.32 Å². The van der Waals surface area contributed by atoms with Crippen LogP contribution >= 0.6 is 0 Å². The van der Waals surface area contributed by atoms with E-state index in [1.807, 2.05) is 0 Å². The minimum Gasteiger partial charge on any atom is -0.480 e. The molecule has 0 fully saturated rings. The monoisotopic (exact) mass is 210 g/mol. The molecule has 1 aromatic rings. The first-order valence-corrected chi connectivity index (χ1v) is 4.21. The van der Waals surface area contributed by atoms with Gasteiger partial charge in [-0.25, -0.2) is 0 Å². The molecule has 0 saturated heterocycles. The van der Waals surface area contributed by atoms with Crippen LogP contribution < -0.4 is 5.32 Å². The highest BCUT2D eigenvalue weighted by atomic mass is 16.6. The molecule has 1 atom stereocenters. The minimum absolute atomic E-state index is 0.150. The summed E-state index contributed by atoms with van der Waals surface area (Å²) in [5.74, 6) is -1.15. The number of hydrogen-bond acceptors (Lipinski definition) is 4. The molecule has 0 radical (unpaired) electrons. The van der Waals surface area contributed by atoms with E-state index in [4.69, 9.17) is 5.11 Å². The lowest BCUT2D eigenvalue weighted by molar-refractivity contribution is -0.385. The van der Waals surface area contributed by atoms with Crippen LogP contribution in [0.3, 0.4) is 0 Å². The second-order valence-electron chi connectivity index (χ2n) is 2.88. The predicted molar refractivity (Wildman–Crippen MR) is 52.5 cm³/mol. The van der Waals surface area contributed by atoms with Crippen molar-refractivity contribution in [2.75, 3.05) is 7.05 Å². The number of nitrogens with one attached hydrogen (secondary N) is 1. The molecule has 0 bridgehead atoms. The molecule has 0 aliphatic carbocycles. The van der Waals surface area contributed by atoms with Crippen LogP contribution in [0.4, 0.5) is 5.69 Å². The van der Waals surface area contributed by atoms with Crippen LogP contribution in [0.1, 0.15) is 11.6 Å². The van der Waals surface area contributed by atoms with Gasteiger partial charge in [-0.3, -0.25) is 14.9 Å². The van der Waals surface area contributed by atoms with Crippen LogP contribution in [0, 0.1) is 10.1 Å². The quantitative estimate of drug-likeness (QED) is 0.569. The topological polar surface area (TPSA) is 92.5 Å². The van der Waals surface area contributed by atoms with Gasteiger partial charge in [-0.2, -0.15) is 0 Å². The first-order chi connectivity index (χ1) is 7.07. The number of benzene rings is 1. The van der Waals surface area contributed by atoms with Crippen molar-refractivity contribution < 1.29 is 14.8 Å². The molecule has 15 heavy (non-hydrogen) atoms. The molecule has 0 spiro atoms. The van der Waals surface area contributed by atoms with Crippen molar-refractivity contribution in [2.24, 2.45) is 0 Å². The van der Waals surface area contributed by atoms with Crippen molar-refractivity contribution in [1.82, 2.24) is 5.32 Å². The fraction of sp³-hybridized carbons (Fsp3) is 0.222. The standard InChI is InChI=1S/C9H10N2O4/c1-10-8(9(12)13)6-4-2-3-5-7(6)11(14)15/h2-5,8,10H,1H3,(H,12,13). The Morgan fingerprint density at radius 2 is 2.13 bits per heavy atom. The Morgan fingerprint density at radius 3 is 2.60 bits per heavy atom. The Morgan fingerprint density at radius 1 is 1.53 bits per heavy atom. The maximum Gasteiger partial charge on any atom is 0.325 e. The summed E-state index contributed by atoms with van der Waals surface area (Å²) in [7, 11) is 1.44. The van der Waals surface area contributed by atoms with Crippen LogP contribution in [-0.4, -0.2) is 23.0 Å². The largest absolute Gasteiger partial charge is 0.480 e. The Kier molecular flexibility index (Phi) is 3.35. The minimum atomic E-state index is -1.15. The number of nitro groups is 1. The Labute approximate surface area is 85.7 Å². The van der Waals surface area contributed by atoms with E-state index in [9.17, 15) is 14.9 Å². The molecule has 1 rings (SSSR count). The number of nitrogens with zero attached hydrogens (tertiary/aromatic N) is 1. The number of carbonyl (C=O) groups is 1. The van der Waals surface area contributed by atoms with E-state index < -0.39 is 16.9 Å². The maximum atomic E-state index is 10.8. The van der Waals surface area contributed by atoms with Gasteiger partial charge in [-0.05, 0) is 13.1 Å². The van der Waals surface area contributed by atoms with Crippen LogP contribution in [0.15, 0.2) is 24.3 Å². The van der Waals surface area contributed by atoms with E-state index >= 15 is 0 Å². The number of nitro benzene ring substituents is 1. The van der Waals surface area contributed by atoms with E-state index in [1.165, 1.54) is 25.2 Å². The van der Waals surface area contributed by atoms with E-state index in [-0.39, 0.29) is 11.3 Å². The number of likely N-dealkylation sites (N-methyl/N-ethyl adjacent to an activating group) is 1. The highest BCUT2D eigenvalue weighted by Gasteiger charge is 2.25. The van der Waals surface area contributed by atoms with Gasteiger partial charge >= 0.3 is 5.97 Å². The maximum absolute atomic E-state index is 10.8. The van der Waals surface area contributed by atoms with Crippen LogP contribution in [0.5, 0.6) is 0 Å². The smallest absolute Gasteiger partial charge is 0.325 e. The van der Waals surface area contributed by atoms with Gasteiger partial charge in [0.2, 0.25) is 0 Å². The molecule has 1 aromatic carbocycles.